The SMILES string of the molecule is Cc1cccc(C(=O)NC(C)(C)C)c1C. The van der Waals surface area contributed by atoms with Crippen LogP contribution in [0.1, 0.15) is 42.3 Å². The second kappa shape index (κ2) is 4.05. The van der Waals surface area contributed by atoms with Crippen LogP contribution in [0.2, 0.25) is 0 Å². The van der Waals surface area contributed by atoms with E-state index in [9.17, 15) is 4.79 Å². The molecule has 0 aliphatic carbocycles. The maximum absolute atomic E-state index is 11.9. The first-order valence-electron chi connectivity index (χ1n) is 5.20. The normalized spacial score (nSPS) is 11.3. The zero-order chi connectivity index (χ0) is 11.6. The number of amides is 1. The Balaban J connectivity index is 2.97. The number of rotatable bonds is 1. The maximum atomic E-state index is 11.9. The molecule has 1 rings (SSSR count). The molecule has 0 atom stereocenters. The van der Waals surface area contributed by atoms with Gasteiger partial charge in [0, 0.05) is 11.1 Å². The van der Waals surface area contributed by atoms with Gasteiger partial charge in [0.15, 0.2) is 0 Å². The fourth-order valence-corrected chi connectivity index (χ4v) is 1.41. The van der Waals surface area contributed by atoms with Crippen LogP contribution in [0.15, 0.2) is 18.2 Å². The smallest absolute Gasteiger partial charge is 0.251 e. The van der Waals surface area contributed by atoms with E-state index in [1.165, 1.54) is 0 Å². The third-order valence-electron chi connectivity index (χ3n) is 2.34. The molecule has 1 aromatic carbocycles. The van der Waals surface area contributed by atoms with Gasteiger partial charge in [-0.1, -0.05) is 12.1 Å². The summed E-state index contributed by atoms with van der Waals surface area (Å²) < 4.78 is 0. The summed E-state index contributed by atoms with van der Waals surface area (Å²) in [6, 6.07) is 5.80. The van der Waals surface area contributed by atoms with E-state index in [4.69, 9.17) is 0 Å². The lowest BCUT2D eigenvalue weighted by molar-refractivity contribution is 0.0919. The summed E-state index contributed by atoms with van der Waals surface area (Å²) in [6.45, 7) is 9.94. The number of aryl methyl sites for hydroxylation is 1. The highest BCUT2D eigenvalue weighted by atomic mass is 16.1. The Hall–Kier alpha value is -1.31. The van der Waals surface area contributed by atoms with E-state index < -0.39 is 0 Å². The molecule has 0 saturated carbocycles. The molecule has 0 unspecified atom stereocenters. The minimum atomic E-state index is -0.187. The van der Waals surface area contributed by atoms with Crippen LogP contribution in [0.5, 0.6) is 0 Å². The van der Waals surface area contributed by atoms with Gasteiger partial charge in [-0.2, -0.15) is 0 Å². The molecule has 0 aromatic heterocycles. The lowest BCUT2D eigenvalue weighted by Gasteiger charge is -2.21. The van der Waals surface area contributed by atoms with Crippen molar-refractivity contribution in [3.63, 3.8) is 0 Å². The van der Waals surface area contributed by atoms with Gasteiger partial charge >= 0.3 is 0 Å². The van der Waals surface area contributed by atoms with Gasteiger partial charge in [-0.15, -0.1) is 0 Å². The second-order valence-corrected chi connectivity index (χ2v) is 4.95. The van der Waals surface area contributed by atoms with Crippen LogP contribution in [0, 0.1) is 13.8 Å². The number of hydrogen-bond acceptors (Lipinski definition) is 1. The van der Waals surface area contributed by atoms with E-state index in [1.54, 1.807) is 0 Å². The molecular weight excluding hydrogens is 186 g/mol. The standard InChI is InChI=1S/C13H19NO/c1-9-7-6-8-11(10(9)2)12(15)14-13(3,4)5/h6-8H,1-5H3,(H,14,15). The van der Waals surface area contributed by atoms with Crippen molar-refractivity contribution in [3.8, 4) is 0 Å². The molecule has 0 aliphatic heterocycles. The van der Waals surface area contributed by atoms with Crippen molar-refractivity contribution in [2.24, 2.45) is 0 Å². The summed E-state index contributed by atoms with van der Waals surface area (Å²) >= 11 is 0. The van der Waals surface area contributed by atoms with E-state index in [1.807, 2.05) is 52.8 Å². The highest BCUT2D eigenvalue weighted by Crippen LogP contribution is 2.13. The Morgan fingerprint density at radius 1 is 1.20 bits per heavy atom. The van der Waals surface area contributed by atoms with Gasteiger partial charge in [0.05, 0.1) is 0 Å². The molecule has 2 heteroatoms. The van der Waals surface area contributed by atoms with Gasteiger partial charge in [-0.3, -0.25) is 4.79 Å². The van der Waals surface area contributed by atoms with Crippen molar-refractivity contribution in [3.05, 3.63) is 34.9 Å². The molecule has 82 valence electrons. The van der Waals surface area contributed by atoms with Crippen LogP contribution in [0.3, 0.4) is 0 Å². The predicted molar refractivity (Wildman–Crippen MR) is 63.1 cm³/mol. The highest BCUT2D eigenvalue weighted by molar-refractivity contribution is 5.96. The summed E-state index contributed by atoms with van der Waals surface area (Å²) in [5, 5.41) is 2.96. The second-order valence-electron chi connectivity index (χ2n) is 4.95. The van der Waals surface area contributed by atoms with Crippen LogP contribution < -0.4 is 5.32 Å². The zero-order valence-corrected chi connectivity index (χ0v) is 10.1. The van der Waals surface area contributed by atoms with Crippen molar-refractivity contribution >= 4 is 5.91 Å². The van der Waals surface area contributed by atoms with Crippen molar-refractivity contribution < 1.29 is 4.79 Å². The first-order valence-corrected chi connectivity index (χ1v) is 5.20. The van der Waals surface area contributed by atoms with Gasteiger partial charge in [-0.05, 0) is 51.8 Å². The molecule has 1 N–H and O–H groups in total. The highest BCUT2D eigenvalue weighted by Gasteiger charge is 2.16. The largest absolute Gasteiger partial charge is 0.347 e. The number of hydrogen-bond donors (Lipinski definition) is 1. The molecule has 0 radical (unpaired) electrons. The quantitative estimate of drug-likeness (QED) is 0.750. The lowest BCUT2D eigenvalue weighted by atomic mass is 10.0. The fourth-order valence-electron chi connectivity index (χ4n) is 1.41. The molecule has 0 heterocycles. The van der Waals surface area contributed by atoms with E-state index >= 15 is 0 Å². The van der Waals surface area contributed by atoms with Crippen LogP contribution in [0.4, 0.5) is 0 Å². The van der Waals surface area contributed by atoms with Crippen molar-refractivity contribution in [1.82, 2.24) is 5.32 Å². The summed E-state index contributed by atoms with van der Waals surface area (Å²) in [4.78, 5) is 11.9. The predicted octanol–water partition coefficient (Wildman–Crippen LogP) is 2.83. The summed E-state index contributed by atoms with van der Waals surface area (Å²) in [5.41, 5.74) is 2.79. The third kappa shape index (κ3) is 3.08. The van der Waals surface area contributed by atoms with Crippen molar-refractivity contribution in [2.75, 3.05) is 0 Å². The molecular formula is C13H19NO. The fraction of sp³-hybridized carbons (Fsp3) is 0.462. The zero-order valence-electron chi connectivity index (χ0n) is 10.1. The number of benzene rings is 1. The topological polar surface area (TPSA) is 29.1 Å². The summed E-state index contributed by atoms with van der Waals surface area (Å²) in [6.07, 6.45) is 0. The van der Waals surface area contributed by atoms with Gasteiger partial charge in [-0.25, -0.2) is 0 Å². The van der Waals surface area contributed by atoms with Gasteiger partial charge in [0.25, 0.3) is 5.91 Å². The minimum absolute atomic E-state index is 0.00343. The Morgan fingerprint density at radius 3 is 2.33 bits per heavy atom. The number of nitrogens with one attached hydrogen (secondary N) is 1. The molecule has 1 amide bonds. The number of carbonyl (C=O) groups excluding carboxylic acids is 1. The summed E-state index contributed by atoms with van der Waals surface area (Å²) in [5.74, 6) is 0.00343. The Kier molecular flexibility index (Phi) is 3.18. The van der Waals surface area contributed by atoms with E-state index in [2.05, 4.69) is 5.32 Å². The molecule has 0 aliphatic rings. The van der Waals surface area contributed by atoms with E-state index in [-0.39, 0.29) is 11.4 Å². The van der Waals surface area contributed by atoms with Crippen molar-refractivity contribution in [2.45, 2.75) is 40.2 Å². The Labute approximate surface area is 91.7 Å². The molecule has 15 heavy (non-hydrogen) atoms. The first-order chi connectivity index (χ1) is 6.81. The molecule has 0 spiro atoms. The van der Waals surface area contributed by atoms with E-state index in [0.29, 0.717) is 0 Å². The van der Waals surface area contributed by atoms with Crippen LogP contribution in [-0.4, -0.2) is 11.4 Å². The van der Waals surface area contributed by atoms with Crippen LogP contribution in [-0.2, 0) is 0 Å². The number of carbonyl (C=O) groups is 1. The maximum Gasteiger partial charge on any atom is 0.251 e. The lowest BCUT2D eigenvalue weighted by Crippen LogP contribution is -2.40. The molecule has 2 nitrogen and oxygen atoms in total. The minimum Gasteiger partial charge on any atom is -0.347 e. The average Bonchev–Trinajstić information content (AvgIpc) is 2.06. The monoisotopic (exact) mass is 205 g/mol. The average molecular weight is 205 g/mol. The van der Waals surface area contributed by atoms with Crippen LogP contribution >= 0.6 is 0 Å². The van der Waals surface area contributed by atoms with Crippen LogP contribution in [0.25, 0.3) is 0 Å². The van der Waals surface area contributed by atoms with E-state index in [0.717, 1.165) is 16.7 Å². The summed E-state index contributed by atoms with van der Waals surface area (Å²) in [7, 11) is 0. The molecule has 0 saturated heterocycles. The van der Waals surface area contributed by atoms with Gasteiger partial charge in [0.2, 0.25) is 0 Å². The Morgan fingerprint density at radius 2 is 1.80 bits per heavy atom. The van der Waals surface area contributed by atoms with Gasteiger partial charge in [0.1, 0.15) is 0 Å². The Bertz CT molecular complexity index is 375. The molecule has 0 bridgehead atoms. The molecule has 1 aromatic rings. The third-order valence-corrected chi connectivity index (χ3v) is 2.34. The van der Waals surface area contributed by atoms with Gasteiger partial charge < -0.3 is 5.32 Å². The van der Waals surface area contributed by atoms with Crippen molar-refractivity contribution in [1.29, 1.82) is 0 Å². The molecule has 0 fully saturated rings. The first kappa shape index (κ1) is 11.8.